The van der Waals surface area contributed by atoms with Crippen molar-refractivity contribution in [1.29, 1.82) is 0 Å². The molecule has 1 aliphatic carbocycles. The van der Waals surface area contributed by atoms with E-state index < -0.39 is 8.32 Å². The summed E-state index contributed by atoms with van der Waals surface area (Å²) in [7, 11) is -2.49. The van der Waals surface area contributed by atoms with Crippen LogP contribution in [0.3, 0.4) is 0 Å². The maximum Gasteiger partial charge on any atom is 0.261 e. The van der Waals surface area contributed by atoms with Crippen LogP contribution in [0, 0.1) is 0 Å². The molecule has 3 nitrogen and oxygen atoms in total. The SMILES string of the molecule is CC(C)(C)[Si](O[C@H]1C[C@@H]2OCCO[C@@H]2C1)(c1ccccc1)c1ccccc1. The predicted octanol–water partition coefficient (Wildman–Crippen LogP) is 3.51. The highest BCUT2D eigenvalue weighted by molar-refractivity contribution is 6.99. The average molecular weight is 383 g/mol. The molecule has 0 unspecified atom stereocenters. The fourth-order valence-electron chi connectivity index (χ4n) is 4.71. The predicted molar refractivity (Wildman–Crippen MR) is 111 cm³/mol. The molecule has 3 atom stereocenters. The molecule has 0 amide bonds. The van der Waals surface area contributed by atoms with Crippen molar-refractivity contribution in [2.24, 2.45) is 0 Å². The van der Waals surface area contributed by atoms with Gasteiger partial charge < -0.3 is 13.9 Å². The van der Waals surface area contributed by atoms with Gasteiger partial charge in [0.2, 0.25) is 0 Å². The van der Waals surface area contributed by atoms with E-state index in [9.17, 15) is 0 Å². The van der Waals surface area contributed by atoms with Gasteiger partial charge in [0.1, 0.15) is 0 Å². The van der Waals surface area contributed by atoms with Gasteiger partial charge in [-0.1, -0.05) is 81.4 Å². The summed E-state index contributed by atoms with van der Waals surface area (Å²) < 4.78 is 19.1. The molecule has 2 fully saturated rings. The van der Waals surface area contributed by atoms with Gasteiger partial charge in [0, 0.05) is 12.8 Å². The molecule has 1 aliphatic heterocycles. The fraction of sp³-hybridized carbons (Fsp3) is 0.478. The number of hydrogen-bond donors (Lipinski definition) is 0. The average Bonchev–Trinajstić information content (AvgIpc) is 3.09. The standard InChI is InChI=1S/C23H30O3Si/c1-23(2,3)27(19-10-6-4-7-11-19,20-12-8-5-9-13-20)26-18-16-21-22(17-18)25-15-14-24-21/h4-13,18,21-22H,14-17H2,1-3H3/t18-,21-,22+. The normalized spacial score (nSPS) is 26.0. The van der Waals surface area contributed by atoms with Gasteiger partial charge >= 0.3 is 0 Å². The van der Waals surface area contributed by atoms with Crippen molar-refractivity contribution >= 4 is 18.7 Å². The molecule has 0 N–H and O–H groups in total. The van der Waals surface area contributed by atoms with Crippen molar-refractivity contribution in [2.75, 3.05) is 13.2 Å². The van der Waals surface area contributed by atoms with E-state index >= 15 is 0 Å². The molecule has 27 heavy (non-hydrogen) atoms. The Bertz CT molecular complexity index is 688. The van der Waals surface area contributed by atoms with Crippen LogP contribution in [0.25, 0.3) is 0 Å². The number of hydrogen-bond acceptors (Lipinski definition) is 3. The second-order valence-corrected chi connectivity index (χ2v) is 12.9. The van der Waals surface area contributed by atoms with E-state index in [0.29, 0.717) is 13.2 Å². The summed E-state index contributed by atoms with van der Waals surface area (Å²) in [5, 5.41) is 2.67. The van der Waals surface area contributed by atoms with Gasteiger partial charge in [-0.05, 0) is 15.4 Å². The quantitative estimate of drug-likeness (QED) is 0.758. The number of rotatable bonds is 4. The molecule has 1 heterocycles. The number of fused-ring (bicyclic) bond motifs is 1. The highest BCUT2D eigenvalue weighted by Crippen LogP contribution is 2.40. The van der Waals surface area contributed by atoms with Gasteiger partial charge in [-0.15, -0.1) is 0 Å². The first-order chi connectivity index (χ1) is 13.0. The second-order valence-electron chi connectivity index (χ2n) is 8.69. The molecule has 2 aromatic carbocycles. The molecule has 2 aliphatic rings. The van der Waals surface area contributed by atoms with Crippen LogP contribution in [0.15, 0.2) is 60.7 Å². The van der Waals surface area contributed by atoms with E-state index in [1.807, 2.05) is 0 Å². The lowest BCUT2D eigenvalue weighted by Gasteiger charge is -2.44. The number of benzene rings is 2. The summed E-state index contributed by atoms with van der Waals surface area (Å²) in [6.45, 7) is 8.39. The molecule has 2 aromatic rings. The van der Waals surface area contributed by atoms with Gasteiger partial charge in [0.05, 0.1) is 31.5 Å². The van der Waals surface area contributed by atoms with E-state index in [4.69, 9.17) is 13.9 Å². The summed E-state index contributed by atoms with van der Waals surface area (Å²) in [4.78, 5) is 0. The first-order valence-electron chi connectivity index (χ1n) is 10.0. The lowest BCUT2D eigenvalue weighted by molar-refractivity contribution is -0.124. The highest BCUT2D eigenvalue weighted by atomic mass is 28.4. The summed E-state index contributed by atoms with van der Waals surface area (Å²) in [6, 6.07) is 21.7. The Morgan fingerprint density at radius 1 is 0.778 bits per heavy atom. The summed E-state index contributed by atoms with van der Waals surface area (Å²) in [6.07, 6.45) is 2.39. The van der Waals surface area contributed by atoms with Crippen LogP contribution >= 0.6 is 0 Å². The highest BCUT2D eigenvalue weighted by Gasteiger charge is 2.53. The zero-order chi connectivity index (χ0) is 18.9. The maximum absolute atomic E-state index is 7.21. The third kappa shape index (κ3) is 3.52. The van der Waals surface area contributed by atoms with Gasteiger partial charge in [0.25, 0.3) is 8.32 Å². The molecule has 0 radical (unpaired) electrons. The van der Waals surface area contributed by atoms with E-state index in [2.05, 4.69) is 81.4 Å². The van der Waals surface area contributed by atoms with E-state index in [1.54, 1.807) is 0 Å². The molecular weight excluding hydrogens is 352 g/mol. The Balaban J connectivity index is 1.76. The molecular formula is C23H30O3Si. The Morgan fingerprint density at radius 3 is 1.63 bits per heavy atom. The molecule has 144 valence electrons. The van der Waals surface area contributed by atoms with Crippen molar-refractivity contribution in [2.45, 2.75) is 57.0 Å². The van der Waals surface area contributed by atoms with Gasteiger partial charge in [-0.25, -0.2) is 0 Å². The Morgan fingerprint density at radius 2 is 1.22 bits per heavy atom. The summed E-state index contributed by atoms with van der Waals surface area (Å²) in [5.74, 6) is 0. The first-order valence-corrected chi connectivity index (χ1v) is 11.9. The fourth-order valence-corrected chi connectivity index (χ4v) is 9.41. The summed E-state index contributed by atoms with van der Waals surface area (Å²) in [5.41, 5.74) is 0. The van der Waals surface area contributed by atoms with Crippen LogP contribution in [-0.2, 0) is 13.9 Å². The molecule has 1 saturated carbocycles. The molecule has 1 saturated heterocycles. The molecule has 4 rings (SSSR count). The van der Waals surface area contributed by atoms with E-state index in [1.165, 1.54) is 10.4 Å². The van der Waals surface area contributed by atoms with Crippen LogP contribution in [0.5, 0.6) is 0 Å². The zero-order valence-electron chi connectivity index (χ0n) is 16.6. The second kappa shape index (κ2) is 7.51. The van der Waals surface area contributed by atoms with Gasteiger partial charge in [-0.2, -0.15) is 0 Å². The smallest absolute Gasteiger partial charge is 0.261 e. The van der Waals surface area contributed by atoms with Crippen molar-refractivity contribution in [1.82, 2.24) is 0 Å². The minimum atomic E-state index is -2.49. The number of ether oxygens (including phenoxy) is 2. The molecule has 4 heteroatoms. The summed E-state index contributed by atoms with van der Waals surface area (Å²) >= 11 is 0. The van der Waals surface area contributed by atoms with Crippen LogP contribution < -0.4 is 10.4 Å². The zero-order valence-corrected chi connectivity index (χ0v) is 17.6. The lowest BCUT2D eigenvalue weighted by atomic mass is 10.2. The van der Waals surface area contributed by atoms with Crippen molar-refractivity contribution < 1.29 is 13.9 Å². The molecule has 0 aromatic heterocycles. The Hall–Kier alpha value is -1.46. The van der Waals surface area contributed by atoms with Crippen molar-refractivity contribution in [3.05, 3.63) is 60.7 Å². The third-order valence-electron chi connectivity index (χ3n) is 5.91. The van der Waals surface area contributed by atoms with Crippen LogP contribution in [-0.4, -0.2) is 39.8 Å². The Kier molecular flexibility index (Phi) is 5.25. The van der Waals surface area contributed by atoms with Crippen LogP contribution in [0.4, 0.5) is 0 Å². The van der Waals surface area contributed by atoms with Crippen LogP contribution in [0.1, 0.15) is 33.6 Å². The largest absolute Gasteiger partial charge is 0.404 e. The van der Waals surface area contributed by atoms with Gasteiger partial charge in [-0.3, -0.25) is 0 Å². The molecule has 0 spiro atoms. The van der Waals surface area contributed by atoms with E-state index in [-0.39, 0.29) is 23.4 Å². The van der Waals surface area contributed by atoms with Crippen molar-refractivity contribution in [3.63, 3.8) is 0 Å². The Labute approximate surface area is 163 Å². The van der Waals surface area contributed by atoms with Crippen molar-refractivity contribution in [3.8, 4) is 0 Å². The molecule has 0 bridgehead atoms. The minimum absolute atomic E-state index is 0.00514. The minimum Gasteiger partial charge on any atom is -0.404 e. The van der Waals surface area contributed by atoms with Gasteiger partial charge in [0.15, 0.2) is 0 Å². The third-order valence-corrected chi connectivity index (χ3v) is 11.0. The topological polar surface area (TPSA) is 27.7 Å². The van der Waals surface area contributed by atoms with Crippen LogP contribution in [0.2, 0.25) is 5.04 Å². The first kappa shape index (κ1) is 18.9. The van der Waals surface area contributed by atoms with E-state index in [0.717, 1.165) is 12.8 Å². The maximum atomic E-state index is 7.21. The monoisotopic (exact) mass is 382 g/mol. The lowest BCUT2D eigenvalue weighted by Crippen LogP contribution is -2.67.